The van der Waals surface area contributed by atoms with Crippen LogP contribution in [0.4, 0.5) is 4.39 Å². The van der Waals surface area contributed by atoms with Gasteiger partial charge >= 0.3 is 0 Å². The van der Waals surface area contributed by atoms with Crippen LogP contribution in [-0.4, -0.2) is 35.2 Å². The van der Waals surface area contributed by atoms with Gasteiger partial charge in [-0.05, 0) is 37.5 Å². The molecule has 1 rings (SSSR count). The molecule has 1 aromatic rings. The summed E-state index contributed by atoms with van der Waals surface area (Å²) in [6.45, 7) is 1.81. The monoisotopic (exact) mass is 361 g/mol. The molecule has 0 aromatic heterocycles. The highest BCUT2D eigenvalue weighted by Gasteiger charge is 2.16. The quantitative estimate of drug-likeness (QED) is 0.766. The van der Waals surface area contributed by atoms with Crippen molar-refractivity contribution < 1.29 is 14.3 Å². The van der Waals surface area contributed by atoms with Crippen LogP contribution in [-0.2, 0) is 4.79 Å². The van der Waals surface area contributed by atoms with Gasteiger partial charge in [0.15, 0.2) is 0 Å². The lowest BCUT2D eigenvalue weighted by Crippen LogP contribution is -2.40. The maximum atomic E-state index is 13.5. The predicted octanol–water partition coefficient (Wildman–Crippen LogP) is 2.83. The minimum atomic E-state index is -0.386. The summed E-state index contributed by atoms with van der Waals surface area (Å²) >= 11 is 4.73. The zero-order chi connectivity index (χ0) is 15.1. The van der Waals surface area contributed by atoms with E-state index < -0.39 is 0 Å². The van der Waals surface area contributed by atoms with E-state index in [1.165, 1.54) is 30.0 Å². The van der Waals surface area contributed by atoms with Crippen molar-refractivity contribution in [3.05, 3.63) is 40.1 Å². The fourth-order valence-corrected chi connectivity index (χ4v) is 2.61. The molecule has 1 amide bonds. The van der Waals surface area contributed by atoms with Gasteiger partial charge in [-0.15, -0.1) is 0 Å². The Morgan fingerprint density at radius 1 is 1.60 bits per heavy atom. The van der Waals surface area contributed by atoms with Gasteiger partial charge in [0.2, 0.25) is 5.91 Å². The van der Waals surface area contributed by atoms with E-state index in [9.17, 15) is 9.18 Å². The summed E-state index contributed by atoms with van der Waals surface area (Å²) in [5.41, 5.74) is 0.339. The van der Waals surface area contributed by atoms with Gasteiger partial charge in [-0.25, -0.2) is 4.39 Å². The van der Waals surface area contributed by atoms with Crippen LogP contribution >= 0.6 is 27.7 Å². The maximum absolute atomic E-state index is 13.5. The van der Waals surface area contributed by atoms with Crippen molar-refractivity contribution in [1.29, 1.82) is 0 Å². The Morgan fingerprint density at radius 3 is 2.90 bits per heavy atom. The van der Waals surface area contributed by atoms with Crippen molar-refractivity contribution in [3.8, 4) is 0 Å². The number of aliphatic hydroxyl groups excluding tert-OH is 1. The van der Waals surface area contributed by atoms with E-state index in [2.05, 4.69) is 21.2 Å². The lowest BCUT2D eigenvalue weighted by molar-refractivity contribution is -0.117. The number of benzene rings is 1. The number of aliphatic hydroxyl groups is 1. The molecule has 0 aliphatic rings. The van der Waals surface area contributed by atoms with E-state index in [0.717, 1.165) is 4.47 Å². The molecule has 20 heavy (non-hydrogen) atoms. The molecule has 1 aromatic carbocycles. The van der Waals surface area contributed by atoms with Crippen molar-refractivity contribution in [2.45, 2.75) is 18.2 Å². The van der Waals surface area contributed by atoms with Crippen molar-refractivity contribution in [1.82, 2.24) is 5.32 Å². The highest BCUT2D eigenvalue weighted by Crippen LogP contribution is 2.16. The van der Waals surface area contributed by atoms with Gasteiger partial charge in [0, 0.05) is 27.4 Å². The van der Waals surface area contributed by atoms with E-state index in [-0.39, 0.29) is 29.6 Å². The van der Waals surface area contributed by atoms with E-state index in [1.54, 1.807) is 12.1 Å². The fraction of sp³-hybridized carbons (Fsp3) is 0.357. The number of amides is 1. The van der Waals surface area contributed by atoms with Crippen molar-refractivity contribution in [3.63, 3.8) is 0 Å². The SMILES string of the molecule is CSC(CO)C(C)NC(=O)/C=C/c1cc(Br)ccc1F. The molecule has 110 valence electrons. The molecule has 2 unspecified atom stereocenters. The van der Waals surface area contributed by atoms with Crippen LogP contribution in [0.3, 0.4) is 0 Å². The summed E-state index contributed by atoms with van der Waals surface area (Å²) in [6.07, 6.45) is 4.58. The Kier molecular flexibility index (Phi) is 7.26. The first kappa shape index (κ1) is 17.2. The van der Waals surface area contributed by atoms with E-state index >= 15 is 0 Å². The second-order valence-corrected chi connectivity index (χ2v) is 6.25. The standard InChI is InChI=1S/C14H17BrFNO2S/c1-9(13(8-18)20-2)17-14(19)6-3-10-7-11(15)4-5-12(10)16/h3-7,9,13,18H,8H2,1-2H3,(H,17,19)/b6-3+. The topological polar surface area (TPSA) is 49.3 Å². The molecule has 0 spiro atoms. The van der Waals surface area contributed by atoms with Gasteiger partial charge in [0.1, 0.15) is 5.82 Å². The average Bonchev–Trinajstić information content (AvgIpc) is 2.41. The molecule has 0 aliphatic heterocycles. The third-order valence-corrected chi connectivity index (χ3v) is 4.44. The third-order valence-electron chi connectivity index (χ3n) is 2.78. The number of thioether (sulfide) groups is 1. The Bertz CT molecular complexity index is 492. The van der Waals surface area contributed by atoms with Crippen molar-refractivity contribution in [2.75, 3.05) is 12.9 Å². The molecule has 0 heterocycles. The number of halogens is 2. The summed E-state index contributed by atoms with van der Waals surface area (Å²) in [4.78, 5) is 11.7. The number of carbonyl (C=O) groups excluding carboxylic acids is 1. The number of nitrogens with one attached hydrogen (secondary N) is 1. The van der Waals surface area contributed by atoms with Gasteiger partial charge in [0.25, 0.3) is 0 Å². The maximum Gasteiger partial charge on any atom is 0.244 e. The lowest BCUT2D eigenvalue weighted by atomic mass is 10.2. The Morgan fingerprint density at radius 2 is 2.30 bits per heavy atom. The largest absolute Gasteiger partial charge is 0.395 e. The summed E-state index contributed by atoms with van der Waals surface area (Å²) in [7, 11) is 0. The highest BCUT2D eigenvalue weighted by molar-refractivity contribution is 9.10. The van der Waals surface area contributed by atoms with E-state index in [4.69, 9.17) is 5.11 Å². The molecular formula is C14H17BrFNO2S. The normalized spacial score (nSPS) is 14.2. The molecule has 2 atom stereocenters. The first-order valence-electron chi connectivity index (χ1n) is 6.05. The minimum Gasteiger partial charge on any atom is -0.395 e. The summed E-state index contributed by atoms with van der Waals surface area (Å²) in [5.74, 6) is -0.702. The van der Waals surface area contributed by atoms with Gasteiger partial charge in [-0.2, -0.15) is 11.8 Å². The number of hydrogen-bond donors (Lipinski definition) is 2. The zero-order valence-electron chi connectivity index (χ0n) is 11.3. The van der Waals surface area contributed by atoms with Gasteiger partial charge in [0.05, 0.1) is 6.61 Å². The second-order valence-electron chi connectivity index (χ2n) is 4.25. The summed E-state index contributed by atoms with van der Waals surface area (Å²) < 4.78 is 14.2. The van der Waals surface area contributed by atoms with Crippen LogP contribution in [0.25, 0.3) is 6.08 Å². The van der Waals surface area contributed by atoms with Crippen LogP contribution in [0, 0.1) is 5.82 Å². The van der Waals surface area contributed by atoms with Gasteiger partial charge in [-0.3, -0.25) is 4.79 Å². The number of rotatable bonds is 6. The van der Waals surface area contributed by atoms with Crippen LogP contribution in [0.15, 0.2) is 28.7 Å². The van der Waals surface area contributed by atoms with Crippen LogP contribution in [0.1, 0.15) is 12.5 Å². The van der Waals surface area contributed by atoms with Crippen LogP contribution in [0.5, 0.6) is 0 Å². The smallest absolute Gasteiger partial charge is 0.244 e. The van der Waals surface area contributed by atoms with E-state index in [0.29, 0.717) is 5.56 Å². The molecule has 0 radical (unpaired) electrons. The molecule has 2 N–H and O–H groups in total. The lowest BCUT2D eigenvalue weighted by Gasteiger charge is -2.20. The molecular weight excluding hydrogens is 345 g/mol. The highest BCUT2D eigenvalue weighted by atomic mass is 79.9. The van der Waals surface area contributed by atoms with E-state index in [1.807, 2.05) is 13.2 Å². The van der Waals surface area contributed by atoms with Gasteiger partial charge in [-0.1, -0.05) is 15.9 Å². The first-order valence-corrected chi connectivity index (χ1v) is 8.13. The molecule has 3 nitrogen and oxygen atoms in total. The molecule has 0 fully saturated rings. The summed E-state index contributed by atoms with van der Waals surface area (Å²) in [6, 6.07) is 4.36. The molecule has 0 saturated heterocycles. The number of hydrogen-bond acceptors (Lipinski definition) is 3. The first-order chi connectivity index (χ1) is 9.47. The predicted molar refractivity (Wildman–Crippen MR) is 85.1 cm³/mol. The average molecular weight is 362 g/mol. The Balaban J connectivity index is 2.66. The van der Waals surface area contributed by atoms with Crippen LogP contribution in [0.2, 0.25) is 0 Å². The third kappa shape index (κ3) is 5.26. The summed E-state index contributed by atoms with van der Waals surface area (Å²) in [5, 5.41) is 11.8. The minimum absolute atomic E-state index is 0.00735. The fourth-order valence-electron chi connectivity index (χ4n) is 1.61. The van der Waals surface area contributed by atoms with Crippen molar-refractivity contribution in [2.24, 2.45) is 0 Å². The van der Waals surface area contributed by atoms with Crippen LogP contribution < -0.4 is 5.32 Å². The van der Waals surface area contributed by atoms with Crippen molar-refractivity contribution >= 4 is 39.7 Å². The molecule has 0 bridgehead atoms. The second kappa shape index (κ2) is 8.44. The number of carbonyl (C=O) groups is 1. The molecule has 6 heteroatoms. The Hall–Kier alpha value is -0.850. The van der Waals surface area contributed by atoms with Gasteiger partial charge < -0.3 is 10.4 Å². The zero-order valence-corrected chi connectivity index (χ0v) is 13.7. The molecule has 0 aliphatic carbocycles. The molecule has 0 saturated carbocycles. The Labute approximate surface area is 130 Å².